The highest BCUT2D eigenvalue weighted by atomic mass is 16.2. The van der Waals surface area contributed by atoms with Crippen molar-refractivity contribution in [1.29, 1.82) is 0 Å². The maximum absolute atomic E-state index is 12.7. The zero-order valence-electron chi connectivity index (χ0n) is 14.5. The van der Waals surface area contributed by atoms with E-state index in [0.29, 0.717) is 11.8 Å². The Bertz CT molecular complexity index is 700. The van der Waals surface area contributed by atoms with Gasteiger partial charge >= 0.3 is 0 Å². The molecular weight excluding hydrogens is 314 g/mol. The number of nitrogens with one attached hydrogen (secondary N) is 1. The molecule has 0 atom stereocenters. The van der Waals surface area contributed by atoms with Crippen molar-refractivity contribution in [2.24, 2.45) is 5.92 Å². The lowest BCUT2D eigenvalue weighted by molar-refractivity contribution is -0.137. The average Bonchev–Trinajstić information content (AvgIpc) is 3.19. The van der Waals surface area contributed by atoms with Crippen LogP contribution in [0.2, 0.25) is 0 Å². The largest absolute Gasteiger partial charge is 0.342 e. The number of nitrogens with zero attached hydrogens (tertiary/aromatic N) is 4. The third-order valence-corrected chi connectivity index (χ3v) is 5.59. The van der Waals surface area contributed by atoms with Gasteiger partial charge in [-0.25, -0.2) is 4.98 Å². The van der Waals surface area contributed by atoms with Gasteiger partial charge in [-0.05, 0) is 37.8 Å². The minimum atomic E-state index is 0.272. The molecule has 0 spiro atoms. The number of rotatable bonds is 3. The topological polar surface area (TPSA) is 74.8 Å². The first kappa shape index (κ1) is 16.2. The van der Waals surface area contributed by atoms with Crippen LogP contribution in [0, 0.1) is 5.92 Å². The number of aromatic nitrogens is 4. The monoisotopic (exact) mass is 339 g/mol. The van der Waals surface area contributed by atoms with Crippen molar-refractivity contribution in [3.05, 3.63) is 30.4 Å². The van der Waals surface area contributed by atoms with Crippen molar-refractivity contribution in [2.45, 2.75) is 50.9 Å². The summed E-state index contributed by atoms with van der Waals surface area (Å²) in [4.78, 5) is 23.4. The molecule has 0 unspecified atom stereocenters. The quantitative estimate of drug-likeness (QED) is 0.932. The number of likely N-dealkylation sites (tertiary alicyclic amines) is 1. The van der Waals surface area contributed by atoms with Gasteiger partial charge in [0.1, 0.15) is 5.82 Å². The maximum atomic E-state index is 12.7. The van der Waals surface area contributed by atoms with Gasteiger partial charge < -0.3 is 4.90 Å². The minimum Gasteiger partial charge on any atom is -0.342 e. The van der Waals surface area contributed by atoms with Crippen LogP contribution in [0.25, 0.3) is 11.4 Å². The number of carbonyl (C=O) groups excluding carboxylic acids is 1. The van der Waals surface area contributed by atoms with Crippen LogP contribution in [0.1, 0.15) is 56.7 Å². The first-order valence-electron chi connectivity index (χ1n) is 9.43. The molecule has 2 aromatic heterocycles. The van der Waals surface area contributed by atoms with E-state index in [9.17, 15) is 4.79 Å². The van der Waals surface area contributed by atoms with E-state index in [1.54, 1.807) is 12.4 Å². The van der Waals surface area contributed by atoms with Gasteiger partial charge in [-0.15, -0.1) is 0 Å². The van der Waals surface area contributed by atoms with E-state index in [4.69, 9.17) is 0 Å². The number of hydrogen-bond acceptors (Lipinski definition) is 4. The molecule has 25 heavy (non-hydrogen) atoms. The van der Waals surface area contributed by atoms with Crippen molar-refractivity contribution in [2.75, 3.05) is 13.1 Å². The molecule has 0 aromatic carbocycles. The van der Waals surface area contributed by atoms with E-state index in [0.717, 1.165) is 56.0 Å². The second-order valence-corrected chi connectivity index (χ2v) is 7.21. The second-order valence-electron chi connectivity index (χ2n) is 7.21. The molecule has 1 N–H and O–H groups in total. The molecule has 2 aliphatic rings. The molecule has 0 radical (unpaired) electrons. The van der Waals surface area contributed by atoms with Crippen LogP contribution in [0.15, 0.2) is 24.5 Å². The first-order chi connectivity index (χ1) is 12.3. The van der Waals surface area contributed by atoms with Gasteiger partial charge in [0.05, 0.1) is 0 Å². The van der Waals surface area contributed by atoms with Crippen LogP contribution in [0.4, 0.5) is 0 Å². The van der Waals surface area contributed by atoms with Gasteiger partial charge in [0.15, 0.2) is 5.82 Å². The highest BCUT2D eigenvalue weighted by Crippen LogP contribution is 2.30. The number of piperidine rings is 1. The Labute approximate surface area is 148 Å². The summed E-state index contributed by atoms with van der Waals surface area (Å²) in [6.07, 6.45) is 11.3. The summed E-state index contributed by atoms with van der Waals surface area (Å²) in [5, 5.41) is 7.44. The van der Waals surface area contributed by atoms with E-state index < -0.39 is 0 Å². The highest BCUT2D eigenvalue weighted by molar-refractivity contribution is 5.79. The van der Waals surface area contributed by atoms with Crippen LogP contribution in [0.3, 0.4) is 0 Å². The Kier molecular flexibility index (Phi) is 4.76. The summed E-state index contributed by atoms with van der Waals surface area (Å²) in [7, 11) is 0. The lowest BCUT2D eigenvalue weighted by Gasteiger charge is -2.34. The van der Waals surface area contributed by atoms with Crippen molar-refractivity contribution >= 4 is 5.91 Å². The van der Waals surface area contributed by atoms with Gasteiger partial charge in [-0.1, -0.05) is 19.3 Å². The molecule has 2 fully saturated rings. The summed E-state index contributed by atoms with van der Waals surface area (Å²) in [6.45, 7) is 1.68. The molecule has 6 nitrogen and oxygen atoms in total. The molecule has 1 amide bonds. The summed E-state index contributed by atoms with van der Waals surface area (Å²) in [6, 6.07) is 3.83. The predicted molar refractivity (Wildman–Crippen MR) is 94.7 cm³/mol. The SMILES string of the molecule is O=C(C1CCCCC1)N1CCC(c2nc(-c3ccncc3)n[nH]2)CC1. The van der Waals surface area contributed by atoms with Crippen molar-refractivity contribution < 1.29 is 4.79 Å². The number of aromatic amines is 1. The van der Waals surface area contributed by atoms with Crippen molar-refractivity contribution in [3.63, 3.8) is 0 Å². The molecule has 1 aliphatic carbocycles. The predicted octanol–water partition coefficient (Wildman–Crippen LogP) is 3.15. The van der Waals surface area contributed by atoms with Gasteiger partial charge in [0, 0.05) is 42.9 Å². The van der Waals surface area contributed by atoms with Crippen LogP contribution in [-0.4, -0.2) is 44.1 Å². The number of hydrogen-bond donors (Lipinski definition) is 1. The zero-order valence-corrected chi connectivity index (χ0v) is 14.5. The summed E-state index contributed by atoms with van der Waals surface area (Å²) < 4.78 is 0. The van der Waals surface area contributed by atoms with Crippen LogP contribution < -0.4 is 0 Å². The molecule has 0 bridgehead atoms. The number of H-pyrrole nitrogens is 1. The lowest BCUT2D eigenvalue weighted by Crippen LogP contribution is -2.42. The zero-order chi connectivity index (χ0) is 17.1. The molecule has 6 heteroatoms. The molecule has 4 rings (SSSR count). The second kappa shape index (κ2) is 7.33. The van der Waals surface area contributed by atoms with E-state index in [-0.39, 0.29) is 5.92 Å². The van der Waals surface area contributed by atoms with Gasteiger partial charge in [-0.2, -0.15) is 5.10 Å². The van der Waals surface area contributed by atoms with Crippen LogP contribution in [0.5, 0.6) is 0 Å². The van der Waals surface area contributed by atoms with E-state index in [1.165, 1.54) is 19.3 Å². The average molecular weight is 339 g/mol. The molecule has 132 valence electrons. The fraction of sp³-hybridized carbons (Fsp3) is 0.579. The highest BCUT2D eigenvalue weighted by Gasteiger charge is 2.30. The first-order valence-corrected chi connectivity index (χ1v) is 9.43. The Morgan fingerprint density at radius 3 is 2.48 bits per heavy atom. The van der Waals surface area contributed by atoms with Crippen molar-refractivity contribution in [1.82, 2.24) is 25.1 Å². The molecule has 1 saturated carbocycles. The molecular formula is C19H25N5O. The Morgan fingerprint density at radius 1 is 1.04 bits per heavy atom. The number of pyridine rings is 1. The van der Waals surface area contributed by atoms with E-state index >= 15 is 0 Å². The Morgan fingerprint density at radius 2 is 1.76 bits per heavy atom. The van der Waals surface area contributed by atoms with Crippen LogP contribution in [-0.2, 0) is 4.79 Å². The van der Waals surface area contributed by atoms with Crippen molar-refractivity contribution in [3.8, 4) is 11.4 Å². The fourth-order valence-electron chi connectivity index (χ4n) is 4.07. The van der Waals surface area contributed by atoms with Crippen LogP contribution >= 0.6 is 0 Å². The summed E-state index contributed by atoms with van der Waals surface area (Å²) >= 11 is 0. The minimum absolute atomic E-state index is 0.272. The normalized spacial score (nSPS) is 19.9. The lowest BCUT2D eigenvalue weighted by atomic mass is 9.87. The van der Waals surface area contributed by atoms with E-state index in [1.807, 2.05) is 12.1 Å². The summed E-state index contributed by atoms with van der Waals surface area (Å²) in [5.74, 6) is 2.68. The molecule has 1 saturated heterocycles. The molecule has 3 heterocycles. The number of carbonyl (C=O) groups is 1. The van der Waals surface area contributed by atoms with E-state index in [2.05, 4.69) is 25.1 Å². The fourth-order valence-corrected chi connectivity index (χ4v) is 4.07. The smallest absolute Gasteiger partial charge is 0.225 e. The van der Waals surface area contributed by atoms with Gasteiger partial charge in [0.25, 0.3) is 0 Å². The van der Waals surface area contributed by atoms with Gasteiger partial charge in [0.2, 0.25) is 5.91 Å². The number of amides is 1. The maximum Gasteiger partial charge on any atom is 0.225 e. The Balaban J connectivity index is 1.36. The third-order valence-electron chi connectivity index (χ3n) is 5.59. The Hall–Kier alpha value is -2.24. The molecule has 2 aromatic rings. The van der Waals surface area contributed by atoms with Gasteiger partial charge in [-0.3, -0.25) is 14.9 Å². The summed E-state index contributed by atoms with van der Waals surface area (Å²) in [5.41, 5.74) is 0.974. The molecule has 1 aliphatic heterocycles. The standard InChI is InChI=1S/C19H25N5O/c25-19(16-4-2-1-3-5-16)24-12-8-15(9-13-24)18-21-17(22-23-18)14-6-10-20-11-7-14/h6-7,10-11,15-16H,1-5,8-9,12-13H2,(H,21,22,23). The third kappa shape index (κ3) is 3.57.